The minimum absolute atomic E-state index is 0.112. The lowest BCUT2D eigenvalue weighted by Gasteiger charge is -2.35. The molecule has 0 bridgehead atoms. The molecule has 0 spiro atoms. The van der Waals surface area contributed by atoms with Crippen molar-refractivity contribution in [1.82, 2.24) is 25.5 Å². The van der Waals surface area contributed by atoms with E-state index in [1.807, 2.05) is 0 Å². The molecule has 5 rings (SSSR count). The fraction of sp³-hybridized carbons (Fsp3) is 0.438. The number of nitrogens with zero attached hydrogens (tertiary/aromatic N) is 3. The van der Waals surface area contributed by atoms with E-state index in [9.17, 15) is 32.3 Å². The zero-order valence-corrected chi connectivity index (χ0v) is 24.5. The van der Waals surface area contributed by atoms with Crippen molar-refractivity contribution in [2.75, 3.05) is 26.2 Å². The number of pyridine rings is 2. The number of aromatic nitrogens is 2. The maximum absolute atomic E-state index is 13.8. The minimum Gasteiger partial charge on any atom is -0.384 e. The van der Waals surface area contributed by atoms with E-state index in [1.165, 1.54) is 18.2 Å². The second-order valence-electron chi connectivity index (χ2n) is 11.0. The van der Waals surface area contributed by atoms with Crippen LogP contribution in [0.5, 0.6) is 0 Å². The van der Waals surface area contributed by atoms with Crippen LogP contribution in [0.25, 0.3) is 11.3 Å². The molecule has 2 amide bonds. The molecule has 2 aromatic heterocycles. The molecule has 236 valence electrons. The molecule has 3 aromatic rings. The molecule has 3 N–H and O–H groups in total. The van der Waals surface area contributed by atoms with Gasteiger partial charge in [-0.2, -0.15) is 13.2 Å². The number of benzene rings is 1. The summed E-state index contributed by atoms with van der Waals surface area (Å²) in [6.45, 7) is 4.18. The summed E-state index contributed by atoms with van der Waals surface area (Å²) in [5, 5.41) is 16.7. The molecule has 3 heterocycles. The van der Waals surface area contributed by atoms with Crippen molar-refractivity contribution in [3.05, 3.63) is 83.6 Å². The summed E-state index contributed by atoms with van der Waals surface area (Å²) in [6, 6.07) is 11.1. The van der Waals surface area contributed by atoms with E-state index < -0.39 is 23.2 Å². The SMILES string of the molecule is CCNC1CCC(O)(c2ccc(-c3ncccc3F)cn2)CC1.O=C(NCC(=O)N1CCCC1)c1cccc(C(F)(F)F)c1. The number of likely N-dealkylation sites (tertiary alicyclic amines) is 1. The van der Waals surface area contributed by atoms with Crippen molar-refractivity contribution in [1.29, 1.82) is 0 Å². The molecule has 44 heavy (non-hydrogen) atoms. The normalized spacial score (nSPS) is 20.0. The number of amides is 2. The van der Waals surface area contributed by atoms with Crippen molar-refractivity contribution in [3.8, 4) is 11.3 Å². The second kappa shape index (κ2) is 14.7. The molecule has 0 unspecified atom stereocenters. The van der Waals surface area contributed by atoms with Gasteiger partial charge in [-0.3, -0.25) is 19.6 Å². The predicted octanol–water partition coefficient (Wildman–Crippen LogP) is 5.08. The lowest BCUT2D eigenvalue weighted by Crippen LogP contribution is -2.40. The molecule has 1 aliphatic carbocycles. The Labute approximate surface area is 253 Å². The minimum atomic E-state index is -4.50. The Morgan fingerprint density at radius 3 is 2.39 bits per heavy atom. The number of alkyl halides is 3. The van der Waals surface area contributed by atoms with Gasteiger partial charge in [-0.05, 0) is 87.5 Å². The first-order valence-corrected chi connectivity index (χ1v) is 14.8. The fourth-order valence-electron chi connectivity index (χ4n) is 5.42. The average molecular weight is 616 g/mol. The molecule has 1 saturated heterocycles. The Morgan fingerprint density at radius 2 is 1.77 bits per heavy atom. The summed E-state index contributed by atoms with van der Waals surface area (Å²) in [6.07, 6.45) is 3.77. The van der Waals surface area contributed by atoms with Gasteiger partial charge in [-0.25, -0.2) is 4.39 Å². The van der Waals surface area contributed by atoms with Crippen molar-refractivity contribution in [2.45, 2.75) is 63.3 Å². The lowest BCUT2D eigenvalue weighted by molar-refractivity contribution is -0.137. The zero-order valence-electron chi connectivity index (χ0n) is 24.5. The highest BCUT2D eigenvalue weighted by atomic mass is 19.4. The predicted molar refractivity (Wildman–Crippen MR) is 157 cm³/mol. The molecule has 0 atom stereocenters. The van der Waals surface area contributed by atoms with Crippen LogP contribution in [0.3, 0.4) is 0 Å². The number of rotatable bonds is 7. The summed E-state index contributed by atoms with van der Waals surface area (Å²) >= 11 is 0. The highest BCUT2D eigenvalue weighted by Crippen LogP contribution is 2.36. The van der Waals surface area contributed by atoms with E-state index in [1.54, 1.807) is 35.5 Å². The number of nitrogens with one attached hydrogen (secondary N) is 2. The highest BCUT2D eigenvalue weighted by molar-refractivity contribution is 5.96. The van der Waals surface area contributed by atoms with Gasteiger partial charge in [0, 0.05) is 42.7 Å². The van der Waals surface area contributed by atoms with Crippen LogP contribution >= 0.6 is 0 Å². The molecule has 1 saturated carbocycles. The van der Waals surface area contributed by atoms with Crippen LogP contribution in [0.1, 0.15) is 67.1 Å². The van der Waals surface area contributed by atoms with Gasteiger partial charge in [0.25, 0.3) is 5.91 Å². The Kier molecular flexibility index (Phi) is 11.0. The smallest absolute Gasteiger partial charge is 0.384 e. The summed E-state index contributed by atoms with van der Waals surface area (Å²) < 4.78 is 51.4. The molecule has 2 fully saturated rings. The van der Waals surface area contributed by atoms with E-state index >= 15 is 0 Å². The zero-order chi connectivity index (χ0) is 31.7. The van der Waals surface area contributed by atoms with Gasteiger partial charge in [0.15, 0.2) is 0 Å². The van der Waals surface area contributed by atoms with Crippen LogP contribution < -0.4 is 10.6 Å². The van der Waals surface area contributed by atoms with Crippen LogP contribution in [0.15, 0.2) is 60.9 Å². The van der Waals surface area contributed by atoms with E-state index in [4.69, 9.17) is 0 Å². The molecular formula is C32H37F4N5O3. The van der Waals surface area contributed by atoms with Crippen LogP contribution in [-0.2, 0) is 16.6 Å². The van der Waals surface area contributed by atoms with E-state index in [-0.39, 0.29) is 29.5 Å². The number of hydrogen-bond donors (Lipinski definition) is 3. The Balaban J connectivity index is 0.000000202. The maximum Gasteiger partial charge on any atom is 0.416 e. The van der Waals surface area contributed by atoms with Gasteiger partial charge in [0.05, 0.1) is 17.8 Å². The quantitative estimate of drug-likeness (QED) is 0.320. The van der Waals surface area contributed by atoms with Crippen LogP contribution in [0, 0.1) is 5.82 Å². The number of carbonyl (C=O) groups excluding carboxylic acids is 2. The Morgan fingerprint density at radius 1 is 1.05 bits per heavy atom. The summed E-state index contributed by atoms with van der Waals surface area (Å²) in [5.41, 5.74) is -0.314. The number of halogens is 4. The van der Waals surface area contributed by atoms with Crippen LogP contribution in [0.2, 0.25) is 0 Å². The number of hydrogen-bond acceptors (Lipinski definition) is 6. The van der Waals surface area contributed by atoms with E-state index in [0.717, 1.165) is 44.4 Å². The van der Waals surface area contributed by atoms with Crippen molar-refractivity contribution in [3.63, 3.8) is 0 Å². The van der Waals surface area contributed by atoms with E-state index in [2.05, 4.69) is 27.5 Å². The number of carbonyl (C=O) groups is 2. The Bertz CT molecular complexity index is 1400. The molecule has 12 heteroatoms. The first-order chi connectivity index (χ1) is 21.0. The van der Waals surface area contributed by atoms with Gasteiger partial charge in [-0.1, -0.05) is 13.0 Å². The standard InChI is InChI=1S/C18H22FN3O.C14H15F3N2O2/c1-2-20-14-7-9-18(23,10-8-14)16-6-5-13(12-22-16)17-15(19)4-3-11-21-17;15-14(16,17)11-5-3-4-10(8-11)13(21)18-9-12(20)19-6-1-2-7-19/h3-6,11-12,14,20,23H,2,7-10H2,1H3;3-5,8H,1-2,6-7,9H2,(H,18,21). The highest BCUT2D eigenvalue weighted by Gasteiger charge is 2.36. The average Bonchev–Trinajstić information content (AvgIpc) is 3.57. The third-order valence-electron chi connectivity index (χ3n) is 7.89. The first-order valence-electron chi connectivity index (χ1n) is 14.8. The Hall–Kier alpha value is -3.90. The van der Waals surface area contributed by atoms with Crippen molar-refractivity contribution >= 4 is 11.8 Å². The summed E-state index contributed by atoms with van der Waals surface area (Å²) in [4.78, 5) is 33.6. The van der Waals surface area contributed by atoms with Gasteiger partial charge in [0.2, 0.25) is 5.91 Å². The molecule has 1 aliphatic heterocycles. The van der Waals surface area contributed by atoms with Gasteiger partial charge in [-0.15, -0.1) is 0 Å². The maximum atomic E-state index is 13.8. The molecular weight excluding hydrogens is 578 g/mol. The number of aliphatic hydroxyl groups is 1. The van der Waals surface area contributed by atoms with Gasteiger partial charge >= 0.3 is 6.18 Å². The molecule has 8 nitrogen and oxygen atoms in total. The van der Waals surface area contributed by atoms with Crippen LogP contribution in [-0.4, -0.2) is 64.0 Å². The third kappa shape index (κ3) is 8.60. The topological polar surface area (TPSA) is 107 Å². The van der Waals surface area contributed by atoms with Gasteiger partial charge < -0.3 is 20.6 Å². The molecule has 2 aliphatic rings. The third-order valence-corrected chi connectivity index (χ3v) is 7.89. The van der Waals surface area contributed by atoms with Crippen molar-refractivity contribution in [2.24, 2.45) is 0 Å². The van der Waals surface area contributed by atoms with Crippen molar-refractivity contribution < 1.29 is 32.3 Å². The largest absolute Gasteiger partial charge is 0.416 e. The van der Waals surface area contributed by atoms with Crippen LogP contribution in [0.4, 0.5) is 17.6 Å². The summed E-state index contributed by atoms with van der Waals surface area (Å²) in [7, 11) is 0. The van der Waals surface area contributed by atoms with Gasteiger partial charge in [0.1, 0.15) is 17.1 Å². The molecule has 1 aromatic carbocycles. The molecule has 0 radical (unpaired) electrons. The summed E-state index contributed by atoms with van der Waals surface area (Å²) in [5.74, 6) is -1.27. The van der Waals surface area contributed by atoms with E-state index in [0.29, 0.717) is 43.2 Å². The lowest BCUT2D eigenvalue weighted by atomic mass is 9.79. The second-order valence-corrected chi connectivity index (χ2v) is 11.0. The fourth-order valence-corrected chi connectivity index (χ4v) is 5.42. The monoisotopic (exact) mass is 615 g/mol. The first kappa shape index (κ1) is 33.0.